The molecule has 0 bridgehead atoms. The highest BCUT2D eigenvalue weighted by Gasteiger charge is 2.34. The molecule has 0 aliphatic carbocycles. The summed E-state index contributed by atoms with van der Waals surface area (Å²) in [6.07, 6.45) is 1.92. The second-order valence-corrected chi connectivity index (χ2v) is 8.38. The molecule has 0 atom stereocenters. The zero-order valence-electron chi connectivity index (χ0n) is 15.8. The van der Waals surface area contributed by atoms with Crippen molar-refractivity contribution in [2.45, 2.75) is 18.7 Å². The molecule has 1 aliphatic heterocycles. The van der Waals surface area contributed by atoms with Crippen LogP contribution in [0.15, 0.2) is 77.7 Å². The molecule has 4 nitrogen and oxygen atoms in total. The topological polar surface area (TPSA) is 46.6 Å². The van der Waals surface area contributed by atoms with E-state index in [1.165, 1.54) is 4.31 Å². The molecule has 0 radical (unpaired) electrons. The normalized spacial score (nSPS) is 14.9. The van der Waals surface area contributed by atoms with Gasteiger partial charge in [0.05, 0.1) is 22.9 Å². The van der Waals surface area contributed by atoms with Gasteiger partial charge in [0.2, 0.25) is 0 Å². The number of ether oxygens (including phenoxy) is 1. The monoisotopic (exact) mass is 391 g/mol. The largest absolute Gasteiger partial charge is 0.494 e. The molecule has 0 saturated heterocycles. The highest BCUT2D eigenvalue weighted by atomic mass is 32.2. The number of rotatable bonds is 4. The average Bonchev–Trinajstić information content (AvgIpc) is 2.69. The Balaban J connectivity index is 1.91. The summed E-state index contributed by atoms with van der Waals surface area (Å²) in [7, 11) is -3.73. The Kier molecular flexibility index (Phi) is 4.69. The van der Waals surface area contributed by atoms with Crippen LogP contribution in [0.4, 0.5) is 5.69 Å². The number of anilines is 1. The van der Waals surface area contributed by atoms with Crippen LogP contribution in [0.2, 0.25) is 0 Å². The lowest BCUT2D eigenvalue weighted by molar-refractivity contribution is 0.340. The van der Waals surface area contributed by atoms with Gasteiger partial charge in [-0.05, 0) is 73.5 Å². The van der Waals surface area contributed by atoms with Crippen LogP contribution in [-0.4, -0.2) is 15.0 Å². The molecule has 1 heterocycles. The molecule has 0 spiro atoms. The maximum atomic E-state index is 13.5. The van der Waals surface area contributed by atoms with Crippen molar-refractivity contribution >= 4 is 27.5 Å². The summed E-state index contributed by atoms with van der Waals surface area (Å²) < 4.78 is 33.9. The van der Waals surface area contributed by atoms with Crippen LogP contribution < -0.4 is 9.04 Å². The Morgan fingerprint density at radius 3 is 2.25 bits per heavy atom. The molecule has 0 N–H and O–H groups in total. The SMILES string of the molecule is CCOc1ccc(C2=Cc3ccccc3S(=O)(=O)N2c2ccc(C)cc2)cc1. The van der Waals surface area contributed by atoms with E-state index >= 15 is 0 Å². The van der Waals surface area contributed by atoms with Crippen molar-refractivity contribution in [3.63, 3.8) is 0 Å². The molecule has 5 heteroatoms. The van der Waals surface area contributed by atoms with E-state index in [4.69, 9.17) is 4.74 Å². The number of nitrogens with zero attached hydrogens (tertiary/aromatic N) is 1. The number of hydrogen-bond acceptors (Lipinski definition) is 3. The first-order valence-corrected chi connectivity index (χ1v) is 10.6. The van der Waals surface area contributed by atoms with Gasteiger partial charge in [0.15, 0.2) is 0 Å². The highest BCUT2D eigenvalue weighted by Crippen LogP contribution is 2.39. The first-order valence-electron chi connectivity index (χ1n) is 9.16. The van der Waals surface area contributed by atoms with Crippen LogP contribution in [0, 0.1) is 6.92 Å². The van der Waals surface area contributed by atoms with Crippen LogP contribution in [0.25, 0.3) is 11.8 Å². The molecule has 1 aliphatic rings. The molecule has 3 aromatic carbocycles. The molecule has 28 heavy (non-hydrogen) atoms. The molecular formula is C23H21NO3S. The van der Waals surface area contributed by atoms with Gasteiger partial charge in [-0.15, -0.1) is 0 Å². The lowest BCUT2D eigenvalue weighted by Crippen LogP contribution is -2.32. The van der Waals surface area contributed by atoms with E-state index in [2.05, 4.69) is 0 Å². The van der Waals surface area contributed by atoms with Gasteiger partial charge in [0, 0.05) is 0 Å². The molecule has 3 aromatic rings. The number of fused-ring (bicyclic) bond motifs is 1. The Bertz CT molecular complexity index is 1130. The van der Waals surface area contributed by atoms with E-state index in [0.29, 0.717) is 28.5 Å². The van der Waals surface area contributed by atoms with Crippen molar-refractivity contribution in [3.8, 4) is 5.75 Å². The minimum absolute atomic E-state index is 0.310. The fraction of sp³-hybridized carbons (Fsp3) is 0.130. The van der Waals surface area contributed by atoms with Crippen molar-refractivity contribution in [2.75, 3.05) is 10.9 Å². The van der Waals surface area contributed by atoms with Crippen molar-refractivity contribution in [1.82, 2.24) is 0 Å². The minimum Gasteiger partial charge on any atom is -0.494 e. The van der Waals surface area contributed by atoms with Gasteiger partial charge in [0.1, 0.15) is 5.75 Å². The number of hydrogen-bond donors (Lipinski definition) is 0. The molecule has 142 valence electrons. The Morgan fingerprint density at radius 1 is 0.893 bits per heavy atom. The summed E-state index contributed by atoms with van der Waals surface area (Å²) in [5, 5.41) is 0. The van der Waals surface area contributed by atoms with Crippen LogP contribution in [0.1, 0.15) is 23.6 Å². The van der Waals surface area contributed by atoms with E-state index in [0.717, 1.165) is 16.9 Å². The zero-order valence-corrected chi connectivity index (χ0v) is 16.6. The van der Waals surface area contributed by atoms with Crippen LogP contribution in [0.5, 0.6) is 5.75 Å². The quantitative estimate of drug-likeness (QED) is 0.622. The molecule has 0 fully saturated rings. The van der Waals surface area contributed by atoms with Gasteiger partial charge in [0.25, 0.3) is 10.0 Å². The molecule has 4 rings (SSSR count). The van der Waals surface area contributed by atoms with Gasteiger partial charge in [-0.2, -0.15) is 0 Å². The highest BCUT2D eigenvalue weighted by molar-refractivity contribution is 7.93. The van der Waals surface area contributed by atoms with Gasteiger partial charge in [-0.3, -0.25) is 0 Å². The number of benzene rings is 3. The average molecular weight is 391 g/mol. The maximum Gasteiger partial charge on any atom is 0.269 e. The van der Waals surface area contributed by atoms with Gasteiger partial charge >= 0.3 is 0 Å². The van der Waals surface area contributed by atoms with Crippen molar-refractivity contribution < 1.29 is 13.2 Å². The van der Waals surface area contributed by atoms with Crippen LogP contribution in [-0.2, 0) is 10.0 Å². The van der Waals surface area contributed by atoms with E-state index < -0.39 is 10.0 Å². The lowest BCUT2D eigenvalue weighted by atomic mass is 10.1. The second-order valence-electron chi connectivity index (χ2n) is 6.63. The first kappa shape index (κ1) is 18.3. The van der Waals surface area contributed by atoms with Crippen LogP contribution in [0.3, 0.4) is 0 Å². The van der Waals surface area contributed by atoms with Crippen molar-refractivity contribution in [2.24, 2.45) is 0 Å². The van der Waals surface area contributed by atoms with Crippen molar-refractivity contribution in [3.05, 3.63) is 89.5 Å². The first-order chi connectivity index (χ1) is 13.5. The lowest BCUT2D eigenvalue weighted by Gasteiger charge is -2.31. The summed E-state index contributed by atoms with van der Waals surface area (Å²) in [6, 6.07) is 22.1. The number of sulfonamides is 1. The third kappa shape index (κ3) is 3.18. The Morgan fingerprint density at radius 2 is 1.57 bits per heavy atom. The standard InChI is InChI=1S/C23H21NO3S/c1-3-27-21-14-10-18(11-15-21)22-16-19-6-4-5-7-23(19)28(25,26)24(22)20-12-8-17(2)9-13-20/h4-16H,3H2,1-2H3. The van der Waals surface area contributed by atoms with E-state index in [1.54, 1.807) is 12.1 Å². The van der Waals surface area contributed by atoms with Gasteiger partial charge in [-0.1, -0.05) is 35.9 Å². The van der Waals surface area contributed by atoms with Crippen LogP contribution >= 0.6 is 0 Å². The third-order valence-electron chi connectivity index (χ3n) is 4.68. The van der Waals surface area contributed by atoms with Crippen molar-refractivity contribution in [1.29, 1.82) is 0 Å². The minimum atomic E-state index is -3.73. The summed E-state index contributed by atoms with van der Waals surface area (Å²) in [4.78, 5) is 0.310. The number of aryl methyl sites for hydroxylation is 1. The summed E-state index contributed by atoms with van der Waals surface area (Å²) in [5.74, 6) is 0.757. The molecule has 0 saturated carbocycles. The maximum absolute atomic E-state index is 13.5. The fourth-order valence-corrected chi connectivity index (χ4v) is 5.00. The predicted octanol–water partition coefficient (Wildman–Crippen LogP) is 5.10. The summed E-state index contributed by atoms with van der Waals surface area (Å²) in [5.41, 5.74) is 3.80. The molecule has 0 unspecified atom stereocenters. The summed E-state index contributed by atoms with van der Waals surface area (Å²) in [6.45, 7) is 4.49. The smallest absolute Gasteiger partial charge is 0.269 e. The van der Waals surface area contributed by atoms with Gasteiger partial charge < -0.3 is 4.74 Å². The van der Waals surface area contributed by atoms with E-state index in [9.17, 15) is 8.42 Å². The second kappa shape index (κ2) is 7.17. The molecule has 0 amide bonds. The van der Waals surface area contributed by atoms with Gasteiger partial charge in [-0.25, -0.2) is 12.7 Å². The van der Waals surface area contributed by atoms with E-state index in [-0.39, 0.29) is 0 Å². The third-order valence-corrected chi connectivity index (χ3v) is 6.49. The summed E-state index contributed by atoms with van der Waals surface area (Å²) >= 11 is 0. The fourth-order valence-electron chi connectivity index (χ4n) is 3.32. The predicted molar refractivity (Wildman–Crippen MR) is 113 cm³/mol. The Hall–Kier alpha value is -3.05. The molecule has 0 aromatic heterocycles. The zero-order chi connectivity index (χ0) is 19.7. The molecular weight excluding hydrogens is 370 g/mol. The van der Waals surface area contributed by atoms with E-state index in [1.807, 2.05) is 80.6 Å². The Labute approximate surface area is 165 Å².